The minimum atomic E-state index is -0.877. The third-order valence-electron chi connectivity index (χ3n) is 4.24. The number of hydrogen-bond acceptors (Lipinski definition) is 4. The number of anilines is 1. The molecule has 0 unspecified atom stereocenters. The minimum Gasteiger partial charge on any atom is -0.443 e. The summed E-state index contributed by atoms with van der Waals surface area (Å²) in [5.41, 5.74) is -1.39. The lowest BCUT2D eigenvalue weighted by Gasteiger charge is -2.28. The smallest absolute Gasteiger partial charge is 0.417 e. The molecule has 1 aromatic heterocycles. The monoisotopic (exact) mass is 449 g/mol. The summed E-state index contributed by atoms with van der Waals surface area (Å²) in [4.78, 5) is 32.0. The Balaban J connectivity index is 2.37. The zero-order valence-corrected chi connectivity index (χ0v) is 18.3. The molecule has 9 heteroatoms. The molecule has 0 spiro atoms. The van der Waals surface area contributed by atoms with Crippen molar-refractivity contribution >= 4 is 34.5 Å². The number of halogens is 3. The van der Waals surface area contributed by atoms with Gasteiger partial charge < -0.3 is 4.74 Å². The number of benzene rings is 2. The highest BCUT2D eigenvalue weighted by molar-refractivity contribution is 6.35. The van der Waals surface area contributed by atoms with Crippen molar-refractivity contribution in [2.75, 3.05) is 11.4 Å². The van der Waals surface area contributed by atoms with E-state index in [-0.39, 0.29) is 34.1 Å². The van der Waals surface area contributed by atoms with Crippen molar-refractivity contribution in [3.8, 4) is 5.69 Å². The van der Waals surface area contributed by atoms with Gasteiger partial charge in [-0.25, -0.2) is 28.0 Å². The van der Waals surface area contributed by atoms with E-state index in [1.54, 1.807) is 32.9 Å². The zero-order chi connectivity index (χ0) is 22.9. The molecule has 0 atom stereocenters. The first-order valence-electron chi connectivity index (χ1n) is 9.70. The van der Waals surface area contributed by atoms with Gasteiger partial charge in [-0.15, -0.1) is 0 Å². The van der Waals surface area contributed by atoms with E-state index in [0.717, 1.165) is 21.6 Å². The summed E-state index contributed by atoms with van der Waals surface area (Å²) in [7, 11) is 0. The maximum absolute atomic E-state index is 14.0. The first kappa shape index (κ1) is 22.7. The van der Waals surface area contributed by atoms with Crippen LogP contribution in [-0.2, 0) is 4.74 Å². The molecule has 3 aromatic rings. The Morgan fingerprint density at radius 1 is 1.19 bits per heavy atom. The average Bonchev–Trinajstić information content (AvgIpc) is 2.64. The number of ether oxygens (including phenoxy) is 1. The summed E-state index contributed by atoms with van der Waals surface area (Å²) >= 11 is 6.25. The molecule has 1 amide bonds. The van der Waals surface area contributed by atoms with Crippen molar-refractivity contribution < 1.29 is 18.3 Å². The Hall–Kier alpha value is -3.00. The summed E-state index contributed by atoms with van der Waals surface area (Å²) in [6.45, 7) is 7.09. The van der Waals surface area contributed by atoms with Crippen LogP contribution in [0.2, 0.25) is 5.02 Å². The van der Waals surface area contributed by atoms with Gasteiger partial charge in [-0.1, -0.05) is 24.6 Å². The van der Waals surface area contributed by atoms with Gasteiger partial charge >= 0.3 is 6.09 Å². The molecular formula is C22H22ClF2N3O3. The van der Waals surface area contributed by atoms with Crippen LogP contribution in [0.1, 0.15) is 34.1 Å². The van der Waals surface area contributed by atoms with Crippen LogP contribution in [0.3, 0.4) is 0 Å². The zero-order valence-electron chi connectivity index (χ0n) is 17.6. The highest BCUT2D eigenvalue weighted by Crippen LogP contribution is 2.26. The Kier molecular flexibility index (Phi) is 6.31. The van der Waals surface area contributed by atoms with Crippen LogP contribution < -0.4 is 10.5 Å². The number of hydrogen-bond donors (Lipinski definition) is 0. The van der Waals surface area contributed by atoms with Crippen molar-refractivity contribution in [1.82, 2.24) is 9.55 Å². The molecule has 0 N–H and O–H groups in total. The predicted octanol–water partition coefficient (Wildman–Crippen LogP) is 5.47. The second-order valence-corrected chi connectivity index (χ2v) is 8.36. The molecule has 0 bridgehead atoms. The van der Waals surface area contributed by atoms with Crippen LogP contribution in [-0.4, -0.2) is 27.8 Å². The van der Waals surface area contributed by atoms with Crippen LogP contribution in [0.15, 0.2) is 41.2 Å². The van der Waals surface area contributed by atoms with Crippen LogP contribution in [0.25, 0.3) is 16.6 Å². The van der Waals surface area contributed by atoms with Gasteiger partial charge in [0.25, 0.3) is 5.56 Å². The molecule has 2 aromatic carbocycles. The molecule has 0 saturated carbocycles. The Labute approximate surface area is 183 Å². The molecular weight excluding hydrogens is 428 g/mol. The van der Waals surface area contributed by atoms with Gasteiger partial charge in [-0.05, 0) is 51.5 Å². The Morgan fingerprint density at radius 2 is 1.84 bits per heavy atom. The first-order valence-corrected chi connectivity index (χ1v) is 10.1. The first-order chi connectivity index (χ1) is 14.5. The van der Waals surface area contributed by atoms with Crippen molar-refractivity contribution in [3.63, 3.8) is 0 Å². The number of fused-ring (bicyclic) bond motifs is 1. The van der Waals surface area contributed by atoms with Crippen LogP contribution in [0, 0.1) is 11.6 Å². The number of carbonyl (C=O) groups is 1. The number of aromatic nitrogens is 2. The molecule has 0 aliphatic rings. The molecule has 0 aliphatic carbocycles. The third-order valence-corrected chi connectivity index (χ3v) is 4.55. The predicted molar refractivity (Wildman–Crippen MR) is 116 cm³/mol. The van der Waals surface area contributed by atoms with E-state index in [1.807, 2.05) is 6.92 Å². The molecule has 164 valence electrons. The van der Waals surface area contributed by atoms with Crippen LogP contribution in [0.5, 0.6) is 0 Å². The fourth-order valence-electron chi connectivity index (χ4n) is 3.06. The number of para-hydroxylation sites is 1. The molecule has 0 fully saturated rings. The van der Waals surface area contributed by atoms with Gasteiger partial charge in [0.15, 0.2) is 0 Å². The van der Waals surface area contributed by atoms with Crippen LogP contribution >= 0.6 is 11.6 Å². The molecule has 3 rings (SSSR count). The normalized spacial score (nSPS) is 11.6. The minimum absolute atomic E-state index is 0.114. The maximum Gasteiger partial charge on any atom is 0.417 e. The van der Waals surface area contributed by atoms with Crippen molar-refractivity contribution in [2.45, 2.75) is 39.7 Å². The molecule has 31 heavy (non-hydrogen) atoms. The lowest BCUT2D eigenvalue weighted by Crippen LogP contribution is -2.41. The van der Waals surface area contributed by atoms with Gasteiger partial charge in [-0.3, -0.25) is 4.79 Å². The lowest BCUT2D eigenvalue weighted by atomic mass is 10.2. The average molecular weight is 450 g/mol. The highest BCUT2D eigenvalue weighted by Gasteiger charge is 2.28. The largest absolute Gasteiger partial charge is 0.443 e. The van der Waals surface area contributed by atoms with Crippen LogP contribution in [0.4, 0.5) is 19.5 Å². The number of rotatable bonds is 4. The second-order valence-electron chi connectivity index (χ2n) is 7.95. The van der Waals surface area contributed by atoms with Gasteiger partial charge in [-0.2, -0.15) is 0 Å². The highest BCUT2D eigenvalue weighted by atomic mass is 35.5. The van der Waals surface area contributed by atoms with Crippen molar-refractivity contribution in [1.29, 1.82) is 0 Å². The van der Waals surface area contributed by atoms with Crippen molar-refractivity contribution in [2.24, 2.45) is 0 Å². The van der Waals surface area contributed by atoms with E-state index in [1.165, 1.54) is 6.07 Å². The molecule has 6 nitrogen and oxygen atoms in total. The van der Waals surface area contributed by atoms with E-state index in [0.29, 0.717) is 12.5 Å². The topological polar surface area (TPSA) is 64.4 Å². The van der Waals surface area contributed by atoms with Crippen molar-refractivity contribution in [3.05, 3.63) is 63.4 Å². The molecule has 0 radical (unpaired) electrons. The van der Waals surface area contributed by atoms with Gasteiger partial charge in [0.2, 0.25) is 5.95 Å². The fraction of sp³-hybridized carbons (Fsp3) is 0.318. The summed E-state index contributed by atoms with van der Waals surface area (Å²) in [6, 6.07) is 7.31. The van der Waals surface area contributed by atoms with E-state index in [9.17, 15) is 18.4 Å². The molecule has 0 saturated heterocycles. The number of nitrogens with zero attached hydrogens (tertiary/aromatic N) is 3. The van der Waals surface area contributed by atoms with Gasteiger partial charge in [0, 0.05) is 12.6 Å². The van der Waals surface area contributed by atoms with E-state index in [2.05, 4.69) is 4.98 Å². The summed E-state index contributed by atoms with van der Waals surface area (Å²) in [5.74, 6) is -1.90. The standard InChI is InChI=1S/C22H22ClF2N3O3/c1-5-9-27(21(30)31-22(2,3)4)20-26-18-16(7-6-8-17(18)23)19(29)28(20)15-11-13(24)10-14(25)12-15/h6-8,10-12H,5,9H2,1-4H3. The summed E-state index contributed by atoms with van der Waals surface area (Å²) < 4.78 is 34.4. The molecule has 1 heterocycles. The summed E-state index contributed by atoms with van der Waals surface area (Å²) in [6.07, 6.45) is -0.244. The van der Waals surface area contributed by atoms with E-state index >= 15 is 0 Å². The second kappa shape index (κ2) is 8.63. The SMILES string of the molecule is CCCN(C(=O)OC(C)(C)C)c1nc2c(Cl)cccc2c(=O)n1-c1cc(F)cc(F)c1. The fourth-order valence-corrected chi connectivity index (χ4v) is 3.28. The lowest BCUT2D eigenvalue weighted by molar-refractivity contribution is 0.0577. The Bertz CT molecular complexity index is 1180. The third kappa shape index (κ3) is 4.85. The Morgan fingerprint density at radius 3 is 2.42 bits per heavy atom. The van der Waals surface area contributed by atoms with Gasteiger partial charge in [0.1, 0.15) is 17.2 Å². The van der Waals surface area contributed by atoms with Gasteiger partial charge in [0.05, 0.1) is 21.6 Å². The quantitative estimate of drug-likeness (QED) is 0.530. The summed E-state index contributed by atoms with van der Waals surface area (Å²) in [5, 5.41) is 0.343. The van der Waals surface area contributed by atoms with E-state index in [4.69, 9.17) is 16.3 Å². The maximum atomic E-state index is 14.0. The number of amides is 1. The molecule has 0 aliphatic heterocycles. The van der Waals surface area contributed by atoms with E-state index < -0.39 is 28.9 Å². The number of carbonyl (C=O) groups excluding carboxylic acids is 1.